The van der Waals surface area contributed by atoms with Gasteiger partial charge in [0.15, 0.2) is 5.82 Å². The van der Waals surface area contributed by atoms with E-state index < -0.39 is 6.43 Å². The van der Waals surface area contributed by atoms with E-state index in [1.165, 1.54) is 4.57 Å². The minimum Gasteiger partial charge on any atom is -0.381 e. The molecule has 1 N–H and O–H groups in total. The number of anilines is 2. The minimum atomic E-state index is -2.78. The van der Waals surface area contributed by atoms with E-state index in [4.69, 9.17) is 19.4 Å². The maximum Gasteiger partial charge on any atom is 0.296 e. The van der Waals surface area contributed by atoms with Crippen molar-refractivity contribution < 1.29 is 23.0 Å². The van der Waals surface area contributed by atoms with Crippen molar-refractivity contribution in [2.24, 2.45) is 5.92 Å². The fourth-order valence-corrected chi connectivity index (χ4v) is 5.71. The van der Waals surface area contributed by atoms with Crippen LogP contribution in [-0.4, -0.2) is 89.0 Å². The number of halogens is 2. The molecule has 10 nitrogen and oxygen atoms in total. The second-order valence-electron chi connectivity index (χ2n) is 10.4. The number of alkyl halides is 2. The zero-order valence-electron chi connectivity index (χ0n) is 21.9. The van der Waals surface area contributed by atoms with E-state index in [0.717, 1.165) is 25.7 Å². The van der Waals surface area contributed by atoms with E-state index >= 15 is 0 Å². The first-order chi connectivity index (χ1) is 19.0. The van der Waals surface area contributed by atoms with E-state index in [1.54, 1.807) is 37.4 Å². The lowest BCUT2D eigenvalue weighted by atomic mass is 9.85. The van der Waals surface area contributed by atoms with Crippen LogP contribution in [0.3, 0.4) is 0 Å². The highest BCUT2D eigenvalue weighted by molar-refractivity contribution is 5.80. The standard InChI is InChI=1S/C27H33F2N7O3/c1-38-19-8-6-17(7-9-19)26(37)35-15-18(16-35)30-22-14-23(33-27(32-22)34-10-12-39-13-11-34)36-21-5-3-2-4-20(21)31-25(36)24(28)29/h2-5,14,17-19,24H,6-13,15-16H2,1H3,(H,30,32,33)/t17-,19-. The summed E-state index contributed by atoms with van der Waals surface area (Å²) in [4.78, 5) is 30.5. The Morgan fingerprint density at radius 3 is 2.54 bits per heavy atom. The number of methoxy groups -OCH3 is 1. The highest BCUT2D eigenvalue weighted by Crippen LogP contribution is 2.31. The zero-order valence-corrected chi connectivity index (χ0v) is 21.9. The average Bonchev–Trinajstić information content (AvgIpc) is 3.35. The molecule has 0 bridgehead atoms. The molecular formula is C27H33F2N7O3. The van der Waals surface area contributed by atoms with Crippen molar-refractivity contribution >= 4 is 28.7 Å². The van der Waals surface area contributed by atoms with Gasteiger partial charge in [-0.3, -0.25) is 9.36 Å². The van der Waals surface area contributed by atoms with Gasteiger partial charge in [-0.1, -0.05) is 12.1 Å². The summed E-state index contributed by atoms with van der Waals surface area (Å²) in [5, 5.41) is 3.42. The van der Waals surface area contributed by atoms with Crippen LogP contribution in [0.5, 0.6) is 0 Å². The lowest BCUT2D eigenvalue weighted by Gasteiger charge is -2.42. The topological polar surface area (TPSA) is 97.6 Å². The quantitative estimate of drug-likeness (QED) is 0.486. The number of hydrogen-bond donors (Lipinski definition) is 1. The van der Waals surface area contributed by atoms with E-state index in [0.29, 0.717) is 68.0 Å². The number of carbonyl (C=O) groups excluding carboxylic acids is 1. The molecule has 3 fully saturated rings. The van der Waals surface area contributed by atoms with E-state index in [9.17, 15) is 13.6 Å². The Morgan fingerprint density at radius 1 is 1.08 bits per heavy atom. The molecule has 0 spiro atoms. The Kier molecular flexibility index (Phi) is 7.30. The smallest absolute Gasteiger partial charge is 0.296 e. The summed E-state index contributed by atoms with van der Waals surface area (Å²) in [6.07, 6.45) is 1.02. The molecule has 1 saturated carbocycles. The number of nitrogens with zero attached hydrogens (tertiary/aromatic N) is 6. The molecule has 0 atom stereocenters. The number of morpholine rings is 1. The van der Waals surface area contributed by atoms with Crippen molar-refractivity contribution in [2.75, 3.05) is 56.7 Å². The molecule has 2 aromatic heterocycles. The van der Waals surface area contributed by atoms with Gasteiger partial charge in [-0.2, -0.15) is 9.97 Å². The van der Waals surface area contributed by atoms with Crippen LogP contribution in [0.2, 0.25) is 0 Å². The van der Waals surface area contributed by atoms with Crippen LogP contribution in [0.1, 0.15) is 37.9 Å². The fourth-order valence-electron chi connectivity index (χ4n) is 5.71. The maximum absolute atomic E-state index is 14.1. The van der Waals surface area contributed by atoms with E-state index in [-0.39, 0.29) is 29.8 Å². The average molecular weight is 542 g/mol. The van der Waals surface area contributed by atoms with Gasteiger partial charge in [0, 0.05) is 45.3 Å². The minimum absolute atomic E-state index is 0.0126. The van der Waals surface area contributed by atoms with Crippen LogP contribution in [0, 0.1) is 5.92 Å². The van der Waals surface area contributed by atoms with Crippen molar-refractivity contribution in [1.82, 2.24) is 24.4 Å². The highest BCUT2D eigenvalue weighted by Gasteiger charge is 2.36. The summed E-state index contributed by atoms with van der Waals surface area (Å²) in [7, 11) is 1.73. The number of fused-ring (bicyclic) bond motifs is 1. The second-order valence-corrected chi connectivity index (χ2v) is 10.4. The third-order valence-electron chi connectivity index (χ3n) is 7.91. The third kappa shape index (κ3) is 5.27. The number of hydrogen-bond acceptors (Lipinski definition) is 8. The first kappa shape index (κ1) is 25.9. The van der Waals surface area contributed by atoms with Gasteiger partial charge in [-0.25, -0.2) is 13.8 Å². The number of carbonyl (C=O) groups is 1. The Balaban J connectivity index is 1.24. The Morgan fingerprint density at radius 2 is 1.82 bits per heavy atom. The van der Waals surface area contributed by atoms with Crippen molar-refractivity contribution in [2.45, 2.75) is 44.3 Å². The number of rotatable bonds is 7. The molecule has 12 heteroatoms. The van der Waals surface area contributed by atoms with Gasteiger partial charge in [0.2, 0.25) is 11.9 Å². The number of aromatic nitrogens is 4. The van der Waals surface area contributed by atoms with Gasteiger partial charge in [-0.05, 0) is 37.8 Å². The molecule has 3 aromatic rings. The van der Waals surface area contributed by atoms with Gasteiger partial charge in [0.1, 0.15) is 11.6 Å². The summed E-state index contributed by atoms with van der Waals surface area (Å²) in [6.45, 7) is 3.44. The summed E-state index contributed by atoms with van der Waals surface area (Å²) >= 11 is 0. The number of likely N-dealkylation sites (tertiary alicyclic amines) is 1. The predicted octanol–water partition coefficient (Wildman–Crippen LogP) is 3.42. The molecule has 0 radical (unpaired) electrons. The first-order valence-electron chi connectivity index (χ1n) is 13.6. The Bertz CT molecular complexity index is 1320. The summed E-state index contributed by atoms with van der Waals surface area (Å²) in [5.74, 6) is 1.18. The molecule has 39 heavy (non-hydrogen) atoms. The molecule has 2 aliphatic heterocycles. The fraction of sp³-hybridized carbons (Fsp3) is 0.556. The van der Waals surface area contributed by atoms with Crippen molar-refractivity contribution in [3.05, 3.63) is 36.2 Å². The molecule has 208 valence electrons. The number of nitrogens with one attached hydrogen (secondary N) is 1. The highest BCUT2D eigenvalue weighted by atomic mass is 19.3. The van der Waals surface area contributed by atoms with Crippen LogP contribution in [0.25, 0.3) is 16.9 Å². The van der Waals surface area contributed by atoms with Gasteiger partial charge in [0.25, 0.3) is 6.43 Å². The van der Waals surface area contributed by atoms with Crippen LogP contribution < -0.4 is 10.2 Å². The second kappa shape index (κ2) is 11.0. The van der Waals surface area contributed by atoms with Gasteiger partial charge < -0.3 is 24.6 Å². The van der Waals surface area contributed by atoms with Gasteiger partial charge >= 0.3 is 0 Å². The molecule has 1 aromatic carbocycles. The van der Waals surface area contributed by atoms with E-state index in [2.05, 4.69) is 10.3 Å². The number of amides is 1. The number of imidazole rings is 1. The van der Waals surface area contributed by atoms with Crippen LogP contribution >= 0.6 is 0 Å². The van der Waals surface area contributed by atoms with Crippen LogP contribution in [-0.2, 0) is 14.3 Å². The zero-order chi connectivity index (χ0) is 26.9. The number of para-hydroxylation sites is 2. The normalized spacial score (nSPS) is 22.4. The SMILES string of the molecule is CO[C@H]1CC[C@H](C(=O)N2CC(Nc3cc(-n4c(C(F)F)nc5ccccc54)nc(N4CCOCC4)n3)C2)CC1. The molecule has 6 rings (SSSR count). The van der Waals surface area contributed by atoms with Crippen LogP contribution in [0.15, 0.2) is 30.3 Å². The lowest BCUT2D eigenvalue weighted by molar-refractivity contribution is -0.141. The largest absolute Gasteiger partial charge is 0.381 e. The molecule has 1 aliphatic carbocycles. The molecule has 1 amide bonds. The van der Waals surface area contributed by atoms with Crippen molar-refractivity contribution in [3.8, 4) is 5.82 Å². The monoisotopic (exact) mass is 541 g/mol. The third-order valence-corrected chi connectivity index (χ3v) is 7.91. The molecule has 3 aliphatic rings. The Hall–Kier alpha value is -3.38. The summed E-state index contributed by atoms with van der Waals surface area (Å²) in [5.41, 5.74) is 1.02. The summed E-state index contributed by atoms with van der Waals surface area (Å²) in [6, 6.07) is 8.73. The van der Waals surface area contributed by atoms with Crippen molar-refractivity contribution in [1.29, 1.82) is 0 Å². The Labute approximate surface area is 225 Å². The first-order valence-corrected chi connectivity index (χ1v) is 13.6. The van der Waals surface area contributed by atoms with Gasteiger partial charge in [-0.15, -0.1) is 0 Å². The number of ether oxygens (including phenoxy) is 2. The predicted molar refractivity (Wildman–Crippen MR) is 141 cm³/mol. The van der Waals surface area contributed by atoms with Gasteiger partial charge in [0.05, 0.1) is 36.4 Å². The molecule has 4 heterocycles. The summed E-state index contributed by atoms with van der Waals surface area (Å²) < 4.78 is 40.5. The maximum atomic E-state index is 14.1. The lowest BCUT2D eigenvalue weighted by Crippen LogP contribution is -2.58. The van der Waals surface area contributed by atoms with Crippen LogP contribution in [0.4, 0.5) is 20.5 Å². The number of benzene rings is 1. The van der Waals surface area contributed by atoms with Crippen molar-refractivity contribution in [3.63, 3.8) is 0 Å². The molecule has 2 saturated heterocycles. The molecular weight excluding hydrogens is 508 g/mol. The van der Waals surface area contributed by atoms with E-state index in [1.807, 2.05) is 9.80 Å². The molecule has 0 unspecified atom stereocenters.